The van der Waals surface area contributed by atoms with Crippen molar-refractivity contribution in [2.24, 2.45) is 5.92 Å². The van der Waals surface area contributed by atoms with Gasteiger partial charge in [0, 0.05) is 18.7 Å². The van der Waals surface area contributed by atoms with Gasteiger partial charge in [-0.1, -0.05) is 38.5 Å². The van der Waals surface area contributed by atoms with E-state index in [0.717, 1.165) is 37.0 Å². The maximum Gasteiger partial charge on any atom is 0.251 e. The molecule has 1 heterocycles. The lowest BCUT2D eigenvalue weighted by atomic mass is 10.0. The third-order valence-corrected chi connectivity index (χ3v) is 7.85. The van der Waals surface area contributed by atoms with Crippen molar-refractivity contribution in [1.29, 1.82) is 0 Å². The van der Waals surface area contributed by atoms with Crippen LogP contribution in [0.4, 0.5) is 0 Å². The van der Waals surface area contributed by atoms with E-state index in [0.29, 0.717) is 37.7 Å². The first kappa shape index (κ1) is 24.3. The molecule has 0 atom stereocenters. The van der Waals surface area contributed by atoms with Crippen LogP contribution in [0.1, 0.15) is 54.6 Å². The molecule has 0 radical (unpaired) electrons. The molecule has 1 fully saturated rings. The highest BCUT2D eigenvalue weighted by atomic mass is 32.2. The summed E-state index contributed by atoms with van der Waals surface area (Å²) in [6.07, 6.45) is 3.87. The topological polar surface area (TPSA) is 75.7 Å². The van der Waals surface area contributed by atoms with Crippen molar-refractivity contribution in [2.75, 3.05) is 26.2 Å². The molecular weight excluding hydrogens is 424 g/mol. The molecule has 0 spiro atoms. The van der Waals surface area contributed by atoms with Crippen LogP contribution in [0.2, 0.25) is 0 Å². The molecule has 7 heteroatoms. The first-order valence-electron chi connectivity index (χ1n) is 11.4. The third kappa shape index (κ3) is 6.11. The van der Waals surface area contributed by atoms with Gasteiger partial charge in [-0.25, -0.2) is 8.42 Å². The number of benzene rings is 2. The number of amides is 1. The molecule has 1 amide bonds. The molecule has 3 rings (SSSR count). The van der Waals surface area contributed by atoms with Gasteiger partial charge in [0.05, 0.1) is 11.4 Å². The van der Waals surface area contributed by atoms with Crippen molar-refractivity contribution >= 4 is 15.9 Å². The number of rotatable bonds is 9. The lowest BCUT2D eigenvalue weighted by Gasteiger charge is -2.29. The Morgan fingerprint density at radius 1 is 1.12 bits per heavy atom. The van der Waals surface area contributed by atoms with E-state index in [1.54, 1.807) is 12.1 Å². The number of carbonyl (C=O) groups is 1. The van der Waals surface area contributed by atoms with Gasteiger partial charge >= 0.3 is 0 Å². The van der Waals surface area contributed by atoms with Gasteiger partial charge in [0.25, 0.3) is 5.91 Å². The summed E-state index contributed by atoms with van der Waals surface area (Å²) in [5.74, 6) is 1.00. The molecular formula is C25H34N2O4S. The number of sulfonamides is 1. The Morgan fingerprint density at radius 2 is 1.81 bits per heavy atom. The zero-order valence-electron chi connectivity index (χ0n) is 19.3. The molecule has 32 heavy (non-hydrogen) atoms. The van der Waals surface area contributed by atoms with Crippen LogP contribution in [0.25, 0.3) is 0 Å². The zero-order valence-corrected chi connectivity index (χ0v) is 20.1. The monoisotopic (exact) mass is 458 g/mol. The minimum absolute atomic E-state index is 0.172. The summed E-state index contributed by atoms with van der Waals surface area (Å²) in [6.45, 7) is 7.81. The molecule has 0 bridgehead atoms. The van der Waals surface area contributed by atoms with E-state index in [9.17, 15) is 13.2 Å². The zero-order chi connectivity index (χ0) is 23.1. The molecule has 0 aromatic heterocycles. The molecule has 1 aliphatic rings. The molecule has 1 aliphatic heterocycles. The molecule has 0 aliphatic carbocycles. The van der Waals surface area contributed by atoms with E-state index in [1.807, 2.05) is 19.1 Å². The van der Waals surface area contributed by atoms with Crippen LogP contribution in [0.15, 0.2) is 47.4 Å². The highest BCUT2D eigenvalue weighted by Gasteiger charge is 2.28. The van der Waals surface area contributed by atoms with Gasteiger partial charge in [-0.2, -0.15) is 4.31 Å². The summed E-state index contributed by atoms with van der Waals surface area (Å²) in [5.41, 5.74) is 2.39. The third-order valence-electron chi connectivity index (χ3n) is 5.95. The van der Waals surface area contributed by atoms with Gasteiger partial charge in [-0.15, -0.1) is 0 Å². The van der Waals surface area contributed by atoms with E-state index in [4.69, 9.17) is 4.74 Å². The number of hydrogen-bond donors (Lipinski definition) is 1. The molecule has 1 saturated heterocycles. The van der Waals surface area contributed by atoms with E-state index < -0.39 is 10.0 Å². The lowest BCUT2D eigenvalue weighted by Crippen LogP contribution is -2.38. The molecule has 0 saturated carbocycles. The molecule has 1 N–H and O–H groups in total. The second-order valence-electron chi connectivity index (χ2n) is 8.56. The van der Waals surface area contributed by atoms with E-state index in [1.165, 1.54) is 15.9 Å². The van der Waals surface area contributed by atoms with Gasteiger partial charge < -0.3 is 10.1 Å². The van der Waals surface area contributed by atoms with Gasteiger partial charge in [-0.05, 0) is 67.5 Å². The number of aryl methyl sites for hydroxylation is 2. The predicted octanol–water partition coefficient (Wildman–Crippen LogP) is 4.18. The van der Waals surface area contributed by atoms with E-state index in [2.05, 4.69) is 31.3 Å². The van der Waals surface area contributed by atoms with Crippen LogP contribution in [-0.2, 0) is 16.4 Å². The summed E-state index contributed by atoms with van der Waals surface area (Å²) in [7, 11) is -3.60. The minimum atomic E-state index is -3.60. The number of piperidine rings is 1. The number of nitrogens with zero attached hydrogens (tertiary/aromatic N) is 1. The van der Waals surface area contributed by atoms with Crippen molar-refractivity contribution in [3.05, 3.63) is 59.2 Å². The van der Waals surface area contributed by atoms with Crippen LogP contribution in [0, 0.1) is 12.8 Å². The highest BCUT2D eigenvalue weighted by molar-refractivity contribution is 7.89. The average Bonchev–Trinajstić information content (AvgIpc) is 2.78. The van der Waals surface area contributed by atoms with Crippen LogP contribution < -0.4 is 10.1 Å². The Balaban J connectivity index is 1.58. The Bertz CT molecular complexity index is 1010. The molecule has 2 aromatic carbocycles. The summed E-state index contributed by atoms with van der Waals surface area (Å²) in [4.78, 5) is 12.9. The Hall–Kier alpha value is -2.38. The standard InChI is InChI=1S/C25H34N2O4S/c1-4-5-21-7-9-22(10-8-21)31-17-14-26-25(28)24-18-23(11-6-20(24)3)32(29,30)27-15-12-19(2)13-16-27/h6-11,18-19H,4-5,12-17H2,1-3H3,(H,26,28). The van der Waals surface area contributed by atoms with Crippen LogP contribution in [0.5, 0.6) is 5.75 Å². The predicted molar refractivity (Wildman–Crippen MR) is 127 cm³/mol. The summed E-state index contributed by atoms with van der Waals surface area (Å²) in [6, 6.07) is 12.8. The van der Waals surface area contributed by atoms with Crippen molar-refractivity contribution in [3.63, 3.8) is 0 Å². The number of carbonyl (C=O) groups excluding carboxylic acids is 1. The maximum absolute atomic E-state index is 13.0. The van der Waals surface area contributed by atoms with Crippen molar-refractivity contribution in [1.82, 2.24) is 9.62 Å². The molecule has 174 valence electrons. The Kier molecular flexibility index (Phi) is 8.32. The van der Waals surface area contributed by atoms with E-state index >= 15 is 0 Å². The fourth-order valence-electron chi connectivity index (χ4n) is 3.85. The molecule has 0 unspecified atom stereocenters. The maximum atomic E-state index is 13.0. The minimum Gasteiger partial charge on any atom is -0.492 e. The average molecular weight is 459 g/mol. The largest absolute Gasteiger partial charge is 0.492 e. The summed E-state index contributed by atoms with van der Waals surface area (Å²) >= 11 is 0. The fraction of sp³-hybridized carbons (Fsp3) is 0.480. The number of nitrogens with one attached hydrogen (secondary N) is 1. The summed E-state index contributed by atoms with van der Waals surface area (Å²) < 4.78 is 33.3. The van der Waals surface area contributed by atoms with Crippen molar-refractivity contribution in [3.8, 4) is 5.75 Å². The van der Waals surface area contributed by atoms with Crippen LogP contribution in [0.3, 0.4) is 0 Å². The van der Waals surface area contributed by atoms with Gasteiger partial charge in [0.15, 0.2) is 0 Å². The van der Waals surface area contributed by atoms with Crippen molar-refractivity contribution < 1.29 is 17.9 Å². The van der Waals surface area contributed by atoms with E-state index in [-0.39, 0.29) is 10.8 Å². The number of ether oxygens (including phenoxy) is 1. The molecule has 2 aromatic rings. The van der Waals surface area contributed by atoms with Crippen LogP contribution >= 0.6 is 0 Å². The Morgan fingerprint density at radius 3 is 2.47 bits per heavy atom. The van der Waals surface area contributed by atoms with Crippen LogP contribution in [-0.4, -0.2) is 44.9 Å². The quantitative estimate of drug-likeness (QED) is 0.572. The Labute approximate surface area is 192 Å². The molecule has 6 nitrogen and oxygen atoms in total. The van der Waals surface area contributed by atoms with Gasteiger partial charge in [0.2, 0.25) is 10.0 Å². The lowest BCUT2D eigenvalue weighted by molar-refractivity contribution is 0.0946. The fourth-order valence-corrected chi connectivity index (χ4v) is 5.35. The highest BCUT2D eigenvalue weighted by Crippen LogP contribution is 2.25. The summed E-state index contributed by atoms with van der Waals surface area (Å²) in [5, 5.41) is 2.83. The second-order valence-corrected chi connectivity index (χ2v) is 10.5. The first-order valence-corrected chi connectivity index (χ1v) is 12.9. The normalized spacial score (nSPS) is 15.5. The smallest absolute Gasteiger partial charge is 0.251 e. The van der Waals surface area contributed by atoms with Crippen molar-refractivity contribution in [2.45, 2.75) is 51.3 Å². The first-order chi connectivity index (χ1) is 15.3. The van der Waals surface area contributed by atoms with Gasteiger partial charge in [-0.3, -0.25) is 4.79 Å². The second kappa shape index (κ2) is 11.0. The van der Waals surface area contributed by atoms with Gasteiger partial charge in [0.1, 0.15) is 12.4 Å². The number of hydrogen-bond acceptors (Lipinski definition) is 4. The SMILES string of the molecule is CCCc1ccc(OCCNC(=O)c2cc(S(=O)(=O)N3CCC(C)CC3)ccc2C)cc1.